The molecule has 0 amide bonds. The third-order valence-corrected chi connectivity index (χ3v) is 9.68. The quantitative estimate of drug-likeness (QED) is 0.215. The predicted octanol–water partition coefficient (Wildman–Crippen LogP) is 10.4. The molecule has 3 aromatic heterocycles. The summed E-state index contributed by atoms with van der Waals surface area (Å²) in [5.41, 5.74) is 20.3. The number of allylic oxidation sites excluding steroid dienone is 4. The van der Waals surface area contributed by atoms with Crippen molar-refractivity contribution >= 4 is 50.4 Å². The number of fused-ring (bicyclic) bond motifs is 8. The summed E-state index contributed by atoms with van der Waals surface area (Å²) in [5, 5.41) is 10.4. The smallest absolute Gasteiger partial charge is 0.0766 e. The summed E-state index contributed by atoms with van der Waals surface area (Å²) in [5.74, 6) is 0. The van der Waals surface area contributed by atoms with Gasteiger partial charge in [0.15, 0.2) is 0 Å². The van der Waals surface area contributed by atoms with Crippen molar-refractivity contribution < 1.29 is 5.11 Å². The van der Waals surface area contributed by atoms with Crippen LogP contribution in [-0.4, -0.2) is 31.1 Å². The monoisotopic (exact) mass is 604 g/mol. The lowest BCUT2D eigenvalue weighted by Crippen LogP contribution is -1.97. The second-order valence-electron chi connectivity index (χ2n) is 12.2. The van der Waals surface area contributed by atoms with E-state index in [1.165, 1.54) is 55.6 Å². The topological polar surface area (TPSA) is 77.6 Å². The standard InChI is InChI=1S/C40H52N4O/c1-10-24-26(12-3)35-21-37-28(14-5)30(16-7)39(43-37)32(19-18-23(9)45)40-31(17-8)29(15-6)38(44-40)22-36-27(13-4)25(11-2)34(42-36)20-33(24)41-35/h18-23,41-42,45H,10-17H2,1-9H3/b19-18+,33-20?,34-20?,35-21?,36-22?,37-21?,38-22?,39-32?,40-32?. The highest BCUT2D eigenvalue weighted by Gasteiger charge is 2.26. The van der Waals surface area contributed by atoms with Crippen molar-refractivity contribution in [2.45, 2.75) is 120 Å². The Hall–Kier alpha value is -3.70. The molecule has 3 aromatic rings. The van der Waals surface area contributed by atoms with Crippen molar-refractivity contribution in [1.82, 2.24) is 19.9 Å². The molecule has 3 N–H and O–H groups in total. The number of rotatable bonds is 10. The van der Waals surface area contributed by atoms with Gasteiger partial charge in [-0.1, -0.05) is 67.5 Å². The Morgan fingerprint density at radius 1 is 0.556 bits per heavy atom. The van der Waals surface area contributed by atoms with Crippen molar-refractivity contribution in [2.24, 2.45) is 0 Å². The first-order valence-electron chi connectivity index (χ1n) is 17.4. The van der Waals surface area contributed by atoms with Gasteiger partial charge in [0.1, 0.15) is 0 Å². The van der Waals surface area contributed by atoms with E-state index in [-0.39, 0.29) is 0 Å². The van der Waals surface area contributed by atoms with Gasteiger partial charge < -0.3 is 15.1 Å². The van der Waals surface area contributed by atoms with Crippen molar-refractivity contribution in [3.8, 4) is 0 Å². The van der Waals surface area contributed by atoms with Crippen molar-refractivity contribution in [3.63, 3.8) is 0 Å². The first-order valence-corrected chi connectivity index (χ1v) is 17.4. The van der Waals surface area contributed by atoms with Gasteiger partial charge in [0.05, 0.1) is 28.9 Å². The molecule has 8 bridgehead atoms. The van der Waals surface area contributed by atoms with Gasteiger partial charge in [-0.25, -0.2) is 9.97 Å². The summed E-state index contributed by atoms with van der Waals surface area (Å²) in [7, 11) is 0. The summed E-state index contributed by atoms with van der Waals surface area (Å²) >= 11 is 0. The molecule has 0 aliphatic carbocycles. The first-order chi connectivity index (χ1) is 21.8. The second-order valence-corrected chi connectivity index (χ2v) is 12.2. The Kier molecular flexibility index (Phi) is 9.98. The van der Waals surface area contributed by atoms with Crippen LogP contribution in [0.1, 0.15) is 139 Å². The molecule has 45 heavy (non-hydrogen) atoms. The summed E-state index contributed by atoms with van der Waals surface area (Å²) in [6, 6.07) is 6.91. The lowest BCUT2D eigenvalue weighted by Gasteiger charge is -2.10. The van der Waals surface area contributed by atoms with Crippen LogP contribution < -0.4 is 0 Å². The number of hydrogen-bond acceptors (Lipinski definition) is 3. The van der Waals surface area contributed by atoms with Gasteiger partial charge in [-0.05, 0) is 121 Å². The van der Waals surface area contributed by atoms with Gasteiger partial charge in [0.25, 0.3) is 0 Å². The fraction of sp³-hybridized carbons (Fsp3) is 0.450. The Balaban J connectivity index is 2.11. The number of aromatic nitrogens is 4. The minimum absolute atomic E-state index is 0.573. The van der Waals surface area contributed by atoms with Crippen molar-refractivity contribution in [3.05, 3.63) is 74.9 Å². The minimum atomic E-state index is -0.573. The van der Waals surface area contributed by atoms with Gasteiger partial charge in [-0.2, -0.15) is 0 Å². The maximum atomic E-state index is 10.4. The second kappa shape index (κ2) is 13.7. The van der Waals surface area contributed by atoms with Crippen LogP contribution in [0.25, 0.3) is 50.4 Å². The normalized spacial score (nSPS) is 14.4. The van der Waals surface area contributed by atoms with E-state index in [4.69, 9.17) is 9.97 Å². The van der Waals surface area contributed by atoms with Gasteiger partial charge in [-0.15, -0.1) is 0 Å². The SMILES string of the molecule is CCC1=C(CC)c2nc1cc1[nH]c(cc3[nH]c(cc4nc(c2/C=C/C(C)O)C(CC)=C4CC)c(CC)c3CC)c(CC)c1CC. The number of aliphatic hydroxyl groups is 1. The average molecular weight is 605 g/mol. The third kappa shape index (κ3) is 5.76. The number of aromatic amines is 2. The van der Waals surface area contributed by atoms with Crippen molar-refractivity contribution in [2.75, 3.05) is 0 Å². The highest BCUT2D eigenvalue weighted by molar-refractivity contribution is 5.99. The van der Waals surface area contributed by atoms with Crippen LogP contribution in [0, 0.1) is 0 Å². The van der Waals surface area contributed by atoms with E-state index in [2.05, 4.69) is 89.6 Å². The van der Waals surface area contributed by atoms with Gasteiger partial charge in [0.2, 0.25) is 0 Å². The Bertz CT molecular complexity index is 1730. The zero-order valence-electron chi connectivity index (χ0n) is 29.0. The first kappa shape index (κ1) is 32.7. The number of nitrogens with zero attached hydrogens (tertiary/aromatic N) is 2. The summed E-state index contributed by atoms with van der Waals surface area (Å²) in [4.78, 5) is 18.5. The molecule has 0 fully saturated rings. The zero-order chi connectivity index (χ0) is 32.4. The molecule has 0 radical (unpaired) electrons. The third-order valence-electron chi connectivity index (χ3n) is 9.68. The lowest BCUT2D eigenvalue weighted by atomic mass is 9.93. The largest absolute Gasteiger partial charge is 0.389 e. The van der Waals surface area contributed by atoms with Gasteiger partial charge >= 0.3 is 0 Å². The molecule has 2 aliphatic rings. The molecular weight excluding hydrogens is 552 g/mol. The van der Waals surface area contributed by atoms with Crippen LogP contribution >= 0.6 is 0 Å². The zero-order valence-corrected chi connectivity index (χ0v) is 29.0. The molecule has 5 rings (SSSR count). The molecule has 238 valence electrons. The maximum Gasteiger partial charge on any atom is 0.0766 e. The van der Waals surface area contributed by atoms with E-state index in [1.54, 1.807) is 6.92 Å². The fourth-order valence-electron chi connectivity index (χ4n) is 7.61. The Morgan fingerprint density at radius 2 is 0.911 bits per heavy atom. The number of aryl methyl sites for hydroxylation is 4. The summed E-state index contributed by atoms with van der Waals surface area (Å²) in [6.45, 7) is 19.8. The summed E-state index contributed by atoms with van der Waals surface area (Å²) < 4.78 is 0. The van der Waals surface area contributed by atoms with Gasteiger partial charge in [-0.3, -0.25) is 0 Å². The molecule has 5 heterocycles. The minimum Gasteiger partial charge on any atom is -0.389 e. The van der Waals surface area contributed by atoms with E-state index < -0.39 is 6.10 Å². The molecule has 0 saturated heterocycles. The van der Waals surface area contributed by atoms with E-state index in [1.807, 2.05) is 6.08 Å². The molecule has 5 nitrogen and oxygen atoms in total. The number of H-pyrrole nitrogens is 2. The van der Waals surface area contributed by atoms with E-state index in [0.717, 1.165) is 90.7 Å². The highest BCUT2D eigenvalue weighted by Crippen LogP contribution is 2.42. The molecule has 5 heteroatoms. The molecule has 2 aliphatic heterocycles. The van der Waals surface area contributed by atoms with Crippen LogP contribution in [0.2, 0.25) is 0 Å². The number of nitrogens with one attached hydrogen (secondary N) is 2. The van der Waals surface area contributed by atoms with Gasteiger partial charge in [0, 0.05) is 27.6 Å². The van der Waals surface area contributed by atoms with E-state index in [9.17, 15) is 5.11 Å². The highest BCUT2D eigenvalue weighted by atomic mass is 16.3. The average Bonchev–Trinajstić information content (AvgIpc) is 3.76. The van der Waals surface area contributed by atoms with E-state index in [0.29, 0.717) is 0 Å². The summed E-state index contributed by atoms with van der Waals surface area (Å²) in [6.07, 6.45) is 10.7. The van der Waals surface area contributed by atoms with Crippen LogP contribution in [-0.2, 0) is 25.7 Å². The Labute approximate surface area is 269 Å². The molecule has 0 saturated carbocycles. The predicted molar refractivity (Wildman–Crippen MR) is 194 cm³/mol. The fourth-order valence-corrected chi connectivity index (χ4v) is 7.61. The van der Waals surface area contributed by atoms with Crippen LogP contribution in [0.15, 0.2) is 24.3 Å². The molecule has 1 atom stereocenters. The molecule has 1 unspecified atom stereocenters. The van der Waals surface area contributed by atoms with Crippen LogP contribution in [0.4, 0.5) is 0 Å². The lowest BCUT2D eigenvalue weighted by molar-refractivity contribution is 0.245. The van der Waals surface area contributed by atoms with Crippen LogP contribution in [0.5, 0.6) is 0 Å². The number of aliphatic hydroxyl groups excluding tert-OH is 1. The molecule has 0 aromatic carbocycles. The Morgan fingerprint density at radius 3 is 1.22 bits per heavy atom. The van der Waals surface area contributed by atoms with E-state index >= 15 is 0 Å². The molecular formula is C40H52N4O. The van der Waals surface area contributed by atoms with Crippen LogP contribution in [0.3, 0.4) is 0 Å². The molecule has 0 spiro atoms. The number of hydrogen-bond donors (Lipinski definition) is 3. The van der Waals surface area contributed by atoms with Crippen molar-refractivity contribution in [1.29, 1.82) is 0 Å². The maximum absolute atomic E-state index is 10.4.